The Hall–Kier alpha value is -1.20. The third-order valence-electron chi connectivity index (χ3n) is 5.88. The summed E-state index contributed by atoms with van der Waals surface area (Å²) in [5.41, 5.74) is 7.04. The second-order valence-electron chi connectivity index (χ2n) is 7.45. The van der Waals surface area contributed by atoms with Crippen molar-refractivity contribution in [2.45, 2.75) is 77.0 Å². The summed E-state index contributed by atoms with van der Waals surface area (Å²) in [5, 5.41) is 0. The Bertz CT molecular complexity index is 635. The summed E-state index contributed by atoms with van der Waals surface area (Å²) in [5.74, 6) is 0.523. The third-order valence-corrected chi connectivity index (χ3v) is 5.88. The number of rotatable bonds is 4. The second kappa shape index (κ2) is 7.36. The van der Waals surface area contributed by atoms with Crippen molar-refractivity contribution < 1.29 is 9.13 Å². The van der Waals surface area contributed by atoms with Gasteiger partial charge in [0.1, 0.15) is 5.82 Å². The minimum atomic E-state index is -0.299. The Labute approximate surface area is 143 Å². The number of hydrogen-bond donors (Lipinski definition) is 1. The van der Waals surface area contributed by atoms with Crippen molar-refractivity contribution in [1.82, 2.24) is 4.57 Å². The predicted octanol–water partition coefficient (Wildman–Crippen LogP) is 3.10. The van der Waals surface area contributed by atoms with Crippen molar-refractivity contribution in [3.8, 4) is 0 Å². The summed E-state index contributed by atoms with van der Waals surface area (Å²) in [6.45, 7) is 4.30. The van der Waals surface area contributed by atoms with Crippen LogP contribution in [0, 0.1) is 18.7 Å². The van der Waals surface area contributed by atoms with Gasteiger partial charge in [-0.15, -0.1) is 0 Å². The van der Waals surface area contributed by atoms with Crippen molar-refractivity contribution in [3.05, 3.63) is 33.5 Å². The fourth-order valence-corrected chi connectivity index (χ4v) is 4.18. The van der Waals surface area contributed by atoms with Crippen LogP contribution in [0.5, 0.6) is 0 Å². The first-order valence-corrected chi connectivity index (χ1v) is 9.29. The molecular formula is C19H29FN2O2. The number of halogens is 1. The Morgan fingerprint density at radius 2 is 2.00 bits per heavy atom. The largest absolute Gasteiger partial charge is 0.376 e. The summed E-state index contributed by atoms with van der Waals surface area (Å²) in [4.78, 5) is 12.5. The number of ether oxygens (including phenoxy) is 1. The average Bonchev–Trinajstić information content (AvgIpc) is 2.59. The van der Waals surface area contributed by atoms with Crippen LogP contribution in [0.1, 0.15) is 62.7 Å². The number of aromatic nitrogens is 1. The molecule has 5 heteroatoms. The summed E-state index contributed by atoms with van der Waals surface area (Å²) < 4.78 is 21.9. The Morgan fingerprint density at radius 3 is 2.67 bits per heavy atom. The summed E-state index contributed by atoms with van der Waals surface area (Å²) in [6.07, 6.45) is 7.26. The SMILES string of the molecule is CCC1CCC(OCC2C(N)CCc3c(F)cc(C)c(=O)n32)CC1. The molecule has 2 atom stereocenters. The van der Waals surface area contributed by atoms with Crippen molar-refractivity contribution in [2.24, 2.45) is 11.7 Å². The molecule has 1 aliphatic carbocycles. The van der Waals surface area contributed by atoms with Gasteiger partial charge >= 0.3 is 0 Å². The second-order valence-corrected chi connectivity index (χ2v) is 7.45. The van der Waals surface area contributed by atoms with Gasteiger partial charge in [-0.2, -0.15) is 0 Å². The Kier molecular flexibility index (Phi) is 5.40. The lowest BCUT2D eigenvalue weighted by atomic mass is 9.86. The number of nitrogens with two attached hydrogens (primary N) is 1. The van der Waals surface area contributed by atoms with Gasteiger partial charge < -0.3 is 15.0 Å². The molecule has 1 aromatic rings. The molecule has 1 aliphatic heterocycles. The highest BCUT2D eigenvalue weighted by Crippen LogP contribution is 2.30. The van der Waals surface area contributed by atoms with Crippen LogP contribution in [-0.2, 0) is 11.2 Å². The van der Waals surface area contributed by atoms with Crippen molar-refractivity contribution >= 4 is 0 Å². The Morgan fingerprint density at radius 1 is 1.29 bits per heavy atom. The molecule has 0 spiro atoms. The van der Waals surface area contributed by atoms with Crippen molar-refractivity contribution in [3.63, 3.8) is 0 Å². The topological polar surface area (TPSA) is 57.2 Å². The average molecular weight is 336 g/mol. The molecule has 1 fully saturated rings. The van der Waals surface area contributed by atoms with Crippen LogP contribution in [0.25, 0.3) is 0 Å². The van der Waals surface area contributed by atoms with E-state index in [0.29, 0.717) is 30.7 Å². The molecule has 4 nitrogen and oxygen atoms in total. The molecule has 2 aliphatic rings. The highest BCUT2D eigenvalue weighted by atomic mass is 19.1. The molecule has 1 saturated carbocycles. The van der Waals surface area contributed by atoms with E-state index in [1.807, 2.05) is 0 Å². The molecule has 134 valence electrons. The highest BCUT2D eigenvalue weighted by molar-refractivity contribution is 5.20. The maximum absolute atomic E-state index is 14.2. The van der Waals surface area contributed by atoms with E-state index in [1.54, 1.807) is 11.5 Å². The number of nitrogens with zero attached hydrogens (tertiary/aromatic N) is 1. The van der Waals surface area contributed by atoms with Crippen LogP contribution in [-0.4, -0.2) is 23.3 Å². The van der Waals surface area contributed by atoms with Crippen LogP contribution in [0.2, 0.25) is 0 Å². The number of fused-ring (bicyclic) bond motifs is 1. The first-order valence-electron chi connectivity index (χ1n) is 9.29. The van der Waals surface area contributed by atoms with E-state index in [9.17, 15) is 9.18 Å². The molecule has 0 saturated heterocycles. The molecule has 0 bridgehead atoms. The minimum absolute atomic E-state index is 0.134. The number of aryl methyl sites for hydroxylation is 1. The number of hydrogen-bond acceptors (Lipinski definition) is 3. The van der Waals surface area contributed by atoms with Crippen LogP contribution in [0.15, 0.2) is 10.9 Å². The fourth-order valence-electron chi connectivity index (χ4n) is 4.18. The molecule has 0 aromatic carbocycles. The van der Waals surface area contributed by atoms with Gasteiger partial charge in [0.25, 0.3) is 5.56 Å². The molecule has 2 unspecified atom stereocenters. The van der Waals surface area contributed by atoms with Gasteiger partial charge in [0, 0.05) is 11.6 Å². The maximum Gasteiger partial charge on any atom is 0.254 e. The molecular weight excluding hydrogens is 307 g/mol. The molecule has 0 amide bonds. The first kappa shape index (κ1) is 17.6. The Balaban J connectivity index is 1.74. The lowest BCUT2D eigenvalue weighted by Crippen LogP contribution is -2.46. The maximum atomic E-state index is 14.2. The van der Waals surface area contributed by atoms with Gasteiger partial charge in [-0.05, 0) is 57.4 Å². The quantitative estimate of drug-likeness (QED) is 0.919. The predicted molar refractivity (Wildman–Crippen MR) is 92.7 cm³/mol. The molecule has 3 rings (SSSR count). The zero-order valence-corrected chi connectivity index (χ0v) is 14.8. The van der Waals surface area contributed by atoms with Crippen LogP contribution in [0.3, 0.4) is 0 Å². The van der Waals surface area contributed by atoms with Crippen LogP contribution >= 0.6 is 0 Å². The molecule has 2 heterocycles. The summed E-state index contributed by atoms with van der Waals surface area (Å²) in [7, 11) is 0. The summed E-state index contributed by atoms with van der Waals surface area (Å²) >= 11 is 0. The normalized spacial score (nSPS) is 30.2. The highest BCUT2D eigenvalue weighted by Gasteiger charge is 2.31. The summed E-state index contributed by atoms with van der Waals surface area (Å²) in [6, 6.07) is 0.914. The lowest BCUT2D eigenvalue weighted by Gasteiger charge is -2.35. The van der Waals surface area contributed by atoms with E-state index in [0.717, 1.165) is 18.8 Å². The van der Waals surface area contributed by atoms with E-state index in [1.165, 1.54) is 25.3 Å². The standard InChI is InChI=1S/C19H29FN2O2/c1-3-13-4-6-14(7-5-13)24-11-18-16(21)8-9-17-15(20)10-12(2)19(23)22(17)18/h10,13-14,16,18H,3-9,11,21H2,1-2H3. The van der Waals surface area contributed by atoms with Crippen molar-refractivity contribution in [1.29, 1.82) is 0 Å². The third kappa shape index (κ3) is 3.42. The van der Waals surface area contributed by atoms with E-state index in [4.69, 9.17) is 10.5 Å². The van der Waals surface area contributed by atoms with E-state index in [2.05, 4.69) is 6.92 Å². The minimum Gasteiger partial charge on any atom is -0.376 e. The van der Waals surface area contributed by atoms with Gasteiger partial charge in [-0.25, -0.2) is 4.39 Å². The smallest absolute Gasteiger partial charge is 0.254 e. The van der Waals surface area contributed by atoms with Crippen LogP contribution < -0.4 is 11.3 Å². The first-order chi connectivity index (χ1) is 11.5. The molecule has 2 N–H and O–H groups in total. The fraction of sp³-hybridized carbons (Fsp3) is 0.737. The number of pyridine rings is 1. The van der Waals surface area contributed by atoms with E-state index < -0.39 is 0 Å². The van der Waals surface area contributed by atoms with Gasteiger partial charge in [0.15, 0.2) is 0 Å². The van der Waals surface area contributed by atoms with Gasteiger partial charge in [0.2, 0.25) is 0 Å². The molecule has 24 heavy (non-hydrogen) atoms. The van der Waals surface area contributed by atoms with Crippen molar-refractivity contribution in [2.75, 3.05) is 6.61 Å². The van der Waals surface area contributed by atoms with Gasteiger partial charge in [-0.1, -0.05) is 13.3 Å². The van der Waals surface area contributed by atoms with Crippen LogP contribution in [0.4, 0.5) is 4.39 Å². The zero-order valence-electron chi connectivity index (χ0n) is 14.8. The van der Waals surface area contributed by atoms with Gasteiger partial charge in [-0.3, -0.25) is 4.79 Å². The molecule has 0 radical (unpaired) electrons. The lowest BCUT2D eigenvalue weighted by molar-refractivity contribution is -0.00617. The van der Waals surface area contributed by atoms with E-state index in [-0.39, 0.29) is 29.6 Å². The zero-order chi connectivity index (χ0) is 17.3. The van der Waals surface area contributed by atoms with E-state index >= 15 is 0 Å². The van der Waals surface area contributed by atoms with Gasteiger partial charge in [0.05, 0.1) is 24.4 Å². The molecule has 1 aromatic heterocycles. The monoisotopic (exact) mass is 336 g/mol.